The molecule has 1 unspecified atom stereocenters. The number of hydrogen-bond acceptors (Lipinski definition) is 4. The summed E-state index contributed by atoms with van der Waals surface area (Å²) in [5, 5.41) is 2.64. The minimum absolute atomic E-state index is 0.0667. The van der Waals surface area contributed by atoms with Crippen LogP contribution in [0.3, 0.4) is 0 Å². The van der Waals surface area contributed by atoms with E-state index in [4.69, 9.17) is 11.6 Å². The van der Waals surface area contributed by atoms with Crippen LogP contribution in [0.5, 0.6) is 0 Å². The van der Waals surface area contributed by atoms with Crippen molar-refractivity contribution in [2.24, 2.45) is 0 Å². The smallest absolute Gasteiger partial charge is 0.251 e. The molecule has 0 aliphatic carbocycles. The highest BCUT2D eigenvalue weighted by atomic mass is 35.5. The minimum atomic E-state index is -1.85. The molecule has 0 aromatic heterocycles. The monoisotopic (exact) mass is 472 g/mol. The lowest BCUT2D eigenvalue weighted by atomic mass is 10.0. The van der Waals surface area contributed by atoms with E-state index >= 15 is 0 Å². The molecule has 0 saturated carbocycles. The number of allylic oxidation sites excluding steroid dienone is 1. The van der Waals surface area contributed by atoms with Crippen molar-refractivity contribution >= 4 is 46.4 Å². The van der Waals surface area contributed by atoms with Crippen LogP contribution >= 0.6 is 11.6 Å². The van der Waals surface area contributed by atoms with Crippen molar-refractivity contribution in [2.45, 2.75) is 6.54 Å². The summed E-state index contributed by atoms with van der Waals surface area (Å²) in [6.07, 6.45) is 1.31. The van der Waals surface area contributed by atoms with Crippen LogP contribution in [0.15, 0.2) is 65.6 Å². The molecule has 2 N–H and O–H groups in total. The van der Waals surface area contributed by atoms with Gasteiger partial charge in [0.15, 0.2) is 0 Å². The Morgan fingerprint density at radius 2 is 1.84 bits per heavy atom. The summed E-state index contributed by atoms with van der Waals surface area (Å²) in [6, 6.07) is 14.1. The van der Waals surface area contributed by atoms with Crippen molar-refractivity contribution in [3.8, 4) is 0 Å². The third-order valence-electron chi connectivity index (χ3n) is 4.76. The minimum Gasteiger partial charge on any atom is -0.588 e. The lowest BCUT2D eigenvalue weighted by Gasteiger charge is -2.21. The third-order valence-corrected chi connectivity index (χ3v) is 6.17. The fourth-order valence-electron chi connectivity index (χ4n) is 3.09. The van der Waals surface area contributed by atoms with Gasteiger partial charge in [-0.25, -0.2) is 13.5 Å². The fourth-order valence-corrected chi connectivity index (χ4v) is 4.22. The molecular weight excluding hydrogens is 458 g/mol. The first kappa shape index (κ1) is 22.0. The van der Waals surface area contributed by atoms with Crippen LogP contribution in [-0.4, -0.2) is 16.2 Å². The van der Waals surface area contributed by atoms with Gasteiger partial charge in [-0.2, -0.15) is 0 Å². The van der Waals surface area contributed by atoms with Gasteiger partial charge in [0.05, 0.1) is 16.3 Å². The molecule has 3 aromatic carbocycles. The predicted octanol–water partition coefficient (Wildman–Crippen LogP) is 4.86. The Bertz CT molecular complexity index is 1250. The number of nitrogens with one attached hydrogen (secondary N) is 2. The summed E-state index contributed by atoms with van der Waals surface area (Å²) in [5.74, 6) is -2.01. The van der Waals surface area contributed by atoms with Gasteiger partial charge >= 0.3 is 0 Å². The molecule has 1 atom stereocenters. The van der Waals surface area contributed by atoms with Crippen LogP contribution in [-0.2, 0) is 17.9 Å². The maximum absolute atomic E-state index is 13.7. The van der Waals surface area contributed by atoms with Gasteiger partial charge in [-0.1, -0.05) is 29.8 Å². The van der Waals surface area contributed by atoms with E-state index in [1.165, 1.54) is 48.5 Å². The SMILES string of the molecule is O=C(NCc1ccc(F)cc1)c1ccc2c(c1)C(=O)/C(=C\c1ccc(Cl)c(F)c1)[S+]([O-])N2. The molecule has 1 aliphatic heterocycles. The lowest BCUT2D eigenvalue weighted by Crippen LogP contribution is -2.28. The molecular formula is C23H15ClF2N2O3S. The van der Waals surface area contributed by atoms with Crippen LogP contribution in [0.2, 0.25) is 5.02 Å². The molecule has 0 saturated heterocycles. The molecule has 1 aliphatic rings. The Hall–Kier alpha value is -3.20. The largest absolute Gasteiger partial charge is 0.588 e. The zero-order valence-corrected chi connectivity index (χ0v) is 17.9. The highest BCUT2D eigenvalue weighted by Gasteiger charge is 2.34. The molecule has 5 nitrogen and oxygen atoms in total. The summed E-state index contributed by atoms with van der Waals surface area (Å²) < 4.78 is 42.0. The van der Waals surface area contributed by atoms with Gasteiger partial charge in [-0.3, -0.25) is 9.59 Å². The van der Waals surface area contributed by atoms with E-state index in [0.29, 0.717) is 16.8 Å². The number of ketones is 1. The fraction of sp³-hybridized carbons (Fsp3) is 0.0435. The predicted molar refractivity (Wildman–Crippen MR) is 119 cm³/mol. The van der Waals surface area contributed by atoms with Crippen LogP contribution in [0.1, 0.15) is 31.8 Å². The number of Topliss-reactive ketones (excluding diaryl/α,β-unsaturated/α-hetero) is 1. The number of anilines is 1. The molecule has 0 bridgehead atoms. The van der Waals surface area contributed by atoms with Crippen molar-refractivity contribution < 1.29 is 22.9 Å². The van der Waals surface area contributed by atoms with Gasteiger partial charge in [-0.15, -0.1) is 0 Å². The van der Waals surface area contributed by atoms with Crippen LogP contribution in [0.25, 0.3) is 6.08 Å². The second kappa shape index (κ2) is 9.12. The van der Waals surface area contributed by atoms with Crippen molar-refractivity contribution in [1.29, 1.82) is 0 Å². The Kier molecular flexibility index (Phi) is 6.27. The Morgan fingerprint density at radius 3 is 2.56 bits per heavy atom. The summed E-state index contributed by atoms with van der Waals surface area (Å²) in [7, 11) is 0. The summed E-state index contributed by atoms with van der Waals surface area (Å²) in [5.41, 5.74) is 1.75. The number of benzene rings is 3. The first-order valence-electron chi connectivity index (χ1n) is 9.38. The van der Waals surface area contributed by atoms with E-state index in [-0.39, 0.29) is 33.4 Å². The number of amides is 1. The van der Waals surface area contributed by atoms with Crippen molar-refractivity contribution in [3.63, 3.8) is 0 Å². The first-order valence-corrected chi connectivity index (χ1v) is 10.9. The number of carbonyl (C=O) groups excluding carboxylic acids is 2. The molecule has 162 valence electrons. The van der Waals surface area contributed by atoms with Gasteiger partial charge < -0.3 is 9.87 Å². The summed E-state index contributed by atoms with van der Waals surface area (Å²) in [6.45, 7) is 0.180. The van der Waals surface area contributed by atoms with Crippen LogP contribution in [0.4, 0.5) is 14.5 Å². The van der Waals surface area contributed by atoms with Gasteiger partial charge in [0.2, 0.25) is 10.7 Å². The molecule has 9 heteroatoms. The molecule has 1 amide bonds. The van der Waals surface area contributed by atoms with E-state index in [9.17, 15) is 22.9 Å². The maximum Gasteiger partial charge on any atom is 0.251 e. The van der Waals surface area contributed by atoms with E-state index in [1.54, 1.807) is 12.1 Å². The average Bonchev–Trinajstić information content (AvgIpc) is 2.78. The highest BCUT2D eigenvalue weighted by molar-refractivity contribution is 7.97. The number of fused-ring (bicyclic) bond motifs is 1. The molecule has 3 aromatic rings. The quantitative estimate of drug-likeness (QED) is 0.419. The molecule has 0 spiro atoms. The zero-order chi connectivity index (χ0) is 22.8. The Morgan fingerprint density at radius 1 is 1.09 bits per heavy atom. The lowest BCUT2D eigenvalue weighted by molar-refractivity contribution is 0.0951. The molecule has 4 rings (SSSR count). The van der Waals surface area contributed by atoms with Crippen molar-refractivity contribution in [3.05, 3.63) is 104 Å². The summed E-state index contributed by atoms with van der Waals surface area (Å²) in [4.78, 5) is 25.4. The number of hydrogen-bond donors (Lipinski definition) is 2. The van der Waals surface area contributed by atoms with Crippen LogP contribution < -0.4 is 10.0 Å². The van der Waals surface area contributed by atoms with Gasteiger partial charge in [0.1, 0.15) is 23.0 Å². The molecule has 0 radical (unpaired) electrons. The average molecular weight is 473 g/mol. The second-order valence-electron chi connectivity index (χ2n) is 6.95. The van der Waals surface area contributed by atoms with Gasteiger partial charge in [0.25, 0.3) is 5.91 Å². The normalized spacial score (nSPS) is 16.4. The summed E-state index contributed by atoms with van der Waals surface area (Å²) >= 11 is 3.82. The van der Waals surface area contributed by atoms with E-state index in [0.717, 1.165) is 6.07 Å². The highest BCUT2D eigenvalue weighted by Crippen LogP contribution is 2.32. The van der Waals surface area contributed by atoms with Crippen molar-refractivity contribution in [1.82, 2.24) is 5.32 Å². The van der Waals surface area contributed by atoms with Gasteiger partial charge in [-0.05, 0) is 53.6 Å². The Balaban J connectivity index is 1.56. The van der Waals surface area contributed by atoms with E-state index < -0.39 is 28.9 Å². The van der Waals surface area contributed by atoms with Gasteiger partial charge in [0, 0.05) is 18.2 Å². The first-order chi connectivity index (χ1) is 15.3. The molecule has 0 fully saturated rings. The maximum atomic E-state index is 13.7. The number of halogens is 3. The zero-order valence-electron chi connectivity index (χ0n) is 16.3. The van der Waals surface area contributed by atoms with E-state index in [2.05, 4.69) is 10.0 Å². The molecule has 1 heterocycles. The standard InChI is InChI=1S/C23H15ClF2N2O3S/c24-18-7-3-14(9-19(18)26)10-21-22(29)17-11-15(4-8-20(17)28-32(21)31)23(30)27-12-13-1-5-16(25)6-2-13/h1-11,28H,12H2,(H,27,30)/b21-10+. The third kappa shape index (κ3) is 4.67. The van der Waals surface area contributed by atoms with E-state index in [1.807, 2.05) is 0 Å². The van der Waals surface area contributed by atoms with Crippen molar-refractivity contribution in [2.75, 3.05) is 4.72 Å². The molecule has 32 heavy (non-hydrogen) atoms. The topological polar surface area (TPSA) is 81.3 Å². The number of carbonyl (C=O) groups is 2. The Labute approximate surface area is 190 Å². The number of rotatable bonds is 4. The van der Waals surface area contributed by atoms with Crippen LogP contribution in [0, 0.1) is 11.6 Å². The second-order valence-corrected chi connectivity index (χ2v) is 8.54.